The fourth-order valence-electron chi connectivity index (χ4n) is 1.38. The highest BCUT2D eigenvalue weighted by Gasteiger charge is 2.35. The molecule has 1 aromatic rings. The number of anilines is 1. The van der Waals surface area contributed by atoms with Crippen LogP contribution in [0.25, 0.3) is 0 Å². The van der Waals surface area contributed by atoms with Crippen LogP contribution in [0.1, 0.15) is 27.7 Å². The van der Waals surface area contributed by atoms with Crippen molar-refractivity contribution in [2.24, 2.45) is 0 Å². The van der Waals surface area contributed by atoms with Crippen molar-refractivity contribution in [3.63, 3.8) is 0 Å². The zero-order valence-electron chi connectivity index (χ0n) is 11.5. The standard InChI is InChI=1S/C13H21NO3S/c1-12(2,13(3,4)15)14-10-8-6-7-9-11(10)18(5,16)17/h6-9,14-15H,1-5H3. The Hall–Kier alpha value is -1.07. The molecule has 5 heteroatoms. The van der Waals surface area contributed by atoms with Crippen molar-refractivity contribution in [3.8, 4) is 0 Å². The summed E-state index contributed by atoms with van der Waals surface area (Å²) in [6, 6.07) is 6.69. The van der Waals surface area contributed by atoms with Crippen LogP contribution in [0.2, 0.25) is 0 Å². The first-order valence-electron chi connectivity index (χ1n) is 5.75. The topological polar surface area (TPSA) is 66.4 Å². The fraction of sp³-hybridized carbons (Fsp3) is 0.538. The molecule has 0 bridgehead atoms. The lowest BCUT2D eigenvalue weighted by Crippen LogP contribution is -2.51. The van der Waals surface area contributed by atoms with Crippen molar-refractivity contribution in [2.45, 2.75) is 43.7 Å². The molecule has 0 saturated heterocycles. The van der Waals surface area contributed by atoms with Gasteiger partial charge in [0.2, 0.25) is 0 Å². The first-order chi connectivity index (χ1) is 7.95. The quantitative estimate of drug-likeness (QED) is 0.879. The zero-order valence-corrected chi connectivity index (χ0v) is 12.3. The number of sulfone groups is 1. The van der Waals surface area contributed by atoms with Crippen LogP contribution in [-0.2, 0) is 9.84 Å². The van der Waals surface area contributed by atoms with E-state index >= 15 is 0 Å². The van der Waals surface area contributed by atoms with E-state index in [0.29, 0.717) is 5.69 Å². The Morgan fingerprint density at radius 2 is 1.61 bits per heavy atom. The summed E-state index contributed by atoms with van der Waals surface area (Å²) in [4.78, 5) is 0.238. The summed E-state index contributed by atoms with van der Waals surface area (Å²) in [5.41, 5.74) is -1.14. The van der Waals surface area contributed by atoms with Crippen molar-refractivity contribution in [3.05, 3.63) is 24.3 Å². The molecule has 1 aromatic carbocycles. The molecule has 0 unspecified atom stereocenters. The van der Waals surface area contributed by atoms with E-state index in [1.54, 1.807) is 38.1 Å². The molecule has 0 atom stereocenters. The maximum Gasteiger partial charge on any atom is 0.177 e. The van der Waals surface area contributed by atoms with E-state index in [2.05, 4.69) is 5.32 Å². The molecule has 0 aliphatic carbocycles. The molecule has 0 heterocycles. The minimum absolute atomic E-state index is 0.238. The van der Waals surface area contributed by atoms with Crippen molar-refractivity contribution in [2.75, 3.05) is 11.6 Å². The minimum atomic E-state index is -3.30. The molecule has 102 valence electrons. The van der Waals surface area contributed by atoms with Crippen LogP contribution in [0, 0.1) is 0 Å². The number of rotatable bonds is 4. The Morgan fingerprint density at radius 3 is 2.06 bits per heavy atom. The van der Waals surface area contributed by atoms with Crippen LogP contribution < -0.4 is 5.32 Å². The molecule has 1 rings (SSSR count). The Labute approximate surface area is 109 Å². The lowest BCUT2D eigenvalue weighted by Gasteiger charge is -2.39. The number of hydrogen-bond donors (Lipinski definition) is 2. The van der Waals surface area contributed by atoms with Gasteiger partial charge in [-0.1, -0.05) is 12.1 Å². The molecule has 18 heavy (non-hydrogen) atoms. The van der Waals surface area contributed by atoms with Crippen molar-refractivity contribution >= 4 is 15.5 Å². The Kier molecular flexibility index (Phi) is 3.79. The van der Waals surface area contributed by atoms with Gasteiger partial charge in [-0.25, -0.2) is 8.42 Å². The van der Waals surface area contributed by atoms with E-state index in [9.17, 15) is 13.5 Å². The number of nitrogens with one attached hydrogen (secondary N) is 1. The molecule has 0 fully saturated rings. The summed E-state index contributed by atoms with van der Waals surface area (Å²) in [6.07, 6.45) is 1.17. The summed E-state index contributed by atoms with van der Waals surface area (Å²) in [6.45, 7) is 7.02. The maximum absolute atomic E-state index is 11.7. The molecule has 0 spiro atoms. The largest absolute Gasteiger partial charge is 0.388 e. The number of hydrogen-bond acceptors (Lipinski definition) is 4. The molecule has 0 amide bonds. The lowest BCUT2D eigenvalue weighted by atomic mass is 9.86. The average molecular weight is 271 g/mol. The second-order valence-corrected chi connectivity index (χ2v) is 7.56. The van der Waals surface area contributed by atoms with Crippen molar-refractivity contribution < 1.29 is 13.5 Å². The highest BCUT2D eigenvalue weighted by molar-refractivity contribution is 7.90. The van der Waals surface area contributed by atoms with E-state index in [4.69, 9.17) is 0 Å². The van der Waals surface area contributed by atoms with Gasteiger partial charge in [-0.15, -0.1) is 0 Å². The summed E-state index contributed by atoms with van der Waals surface area (Å²) in [7, 11) is -3.30. The average Bonchev–Trinajstić information content (AvgIpc) is 2.14. The normalized spacial score (nSPS) is 13.4. The SMILES string of the molecule is CC(C)(O)C(C)(C)Nc1ccccc1S(C)(=O)=O. The van der Waals surface area contributed by atoms with E-state index in [0.717, 1.165) is 0 Å². The second-order valence-electron chi connectivity index (χ2n) is 5.58. The summed E-state index contributed by atoms with van der Waals surface area (Å²) >= 11 is 0. The van der Waals surface area contributed by atoms with Crippen LogP contribution in [0.3, 0.4) is 0 Å². The van der Waals surface area contributed by atoms with Gasteiger partial charge >= 0.3 is 0 Å². The number of aliphatic hydroxyl groups is 1. The maximum atomic E-state index is 11.7. The summed E-state index contributed by atoms with van der Waals surface area (Å²) in [5, 5.41) is 13.2. The predicted molar refractivity (Wildman–Crippen MR) is 73.6 cm³/mol. The van der Waals surface area contributed by atoms with Gasteiger partial charge in [0, 0.05) is 6.26 Å². The van der Waals surface area contributed by atoms with Gasteiger partial charge in [-0.2, -0.15) is 0 Å². The van der Waals surface area contributed by atoms with Gasteiger partial charge in [0.25, 0.3) is 0 Å². The highest BCUT2D eigenvalue weighted by atomic mass is 32.2. The van der Waals surface area contributed by atoms with Crippen molar-refractivity contribution in [1.82, 2.24) is 0 Å². The predicted octanol–water partition coefficient (Wildman–Crippen LogP) is 2.05. The van der Waals surface area contributed by atoms with Crippen LogP contribution >= 0.6 is 0 Å². The third-order valence-electron chi connectivity index (χ3n) is 3.26. The number of para-hydroxylation sites is 1. The Bertz CT molecular complexity index is 527. The smallest absolute Gasteiger partial charge is 0.177 e. The first-order valence-corrected chi connectivity index (χ1v) is 7.64. The molecule has 4 nitrogen and oxygen atoms in total. The third kappa shape index (κ3) is 3.23. The molecule has 0 aliphatic rings. The van der Waals surface area contributed by atoms with Gasteiger partial charge in [0.15, 0.2) is 9.84 Å². The second kappa shape index (κ2) is 4.55. The van der Waals surface area contributed by atoms with Gasteiger partial charge < -0.3 is 10.4 Å². The summed E-state index contributed by atoms with van der Waals surface area (Å²) < 4.78 is 23.4. The molecule has 0 saturated carbocycles. The monoisotopic (exact) mass is 271 g/mol. The van der Waals surface area contributed by atoms with E-state index < -0.39 is 21.0 Å². The Balaban J connectivity index is 3.22. The van der Waals surface area contributed by atoms with Gasteiger partial charge in [-0.3, -0.25) is 0 Å². The van der Waals surface area contributed by atoms with E-state index in [1.165, 1.54) is 6.26 Å². The molecule has 0 radical (unpaired) electrons. The third-order valence-corrected chi connectivity index (χ3v) is 4.42. The zero-order chi connectivity index (χ0) is 14.2. The fourth-order valence-corrected chi connectivity index (χ4v) is 2.23. The molecular formula is C13H21NO3S. The molecule has 0 aromatic heterocycles. The van der Waals surface area contributed by atoms with E-state index in [1.807, 2.05) is 13.8 Å². The van der Waals surface area contributed by atoms with Crippen molar-refractivity contribution in [1.29, 1.82) is 0 Å². The molecule has 0 aliphatic heterocycles. The first kappa shape index (κ1) is 15.0. The Morgan fingerprint density at radius 1 is 1.11 bits per heavy atom. The van der Waals surface area contributed by atoms with Crippen LogP contribution in [0.5, 0.6) is 0 Å². The van der Waals surface area contributed by atoms with Crippen LogP contribution in [0.15, 0.2) is 29.2 Å². The molecular weight excluding hydrogens is 250 g/mol. The highest BCUT2D eigenvalue weighted by Crippen LogP contribution is 2.29. The van der Waals surface area contributed by atoms with Gasteiger partial charge in [-0.05, 0) is 39.8 Å². The lowest BCUT2D eigenvalue weighted by molar-refractivity contribution is 0.0239. The number of benzene rings is 1. The van der Waals surface area contributed by atoms with Gasteiger partial charge in [0.1, 0.15) is 0 Å². The van der Waals surface area contributed by atoms with E-state index in [-0.39, 0.29) is 4.90 Å². The summed E-state index contributed by atoms with van der Waals surface area (Å²) in [5.74, 6) is 0. The van der Waals surface area contributed by atoms with Crippen LogP contribution in [0.4, 0.5) is 5.69 Å². The minimum Gasteiger partial charge on any atom is -0.388 e. The van der Waals surface area contributed by atoms with Crippen LogP contribution in [-0.4, -0.2) is 30.9 Å². The molecule has 2 N–H and O–H groups in total. The van der Waals surface area contributed by atoms with Gasteiger partial charge in [0.05, 0.1) is 21.7 Å².